The summed E-state index contributed by atoms with van der Waals surface area (Å²) >= 11 is 0. The number of aliphatic hydroxyl groups excluding tert-OH is 1. The summed E-state index contributed by atoms with van der Waals surface area (Å²) in [5.41, 5.74) is -0.805. The highest BCUT2D eigenvalue weighted by atomic mass is 16.5. The molecule has 0 atom stereocenters. The van der Waals surface area contributed by atoms with Gasteiger partial charge >= 0.3 is 0 Å². The van der Waals surface area contributed by atoms with Crippen molar-refractivity contribution in [1.29, 1.82) is 5.26 Å². The number of ether oxygens (including phenoxy) is 2. The molecule has 130 valence electrons. The highest BCUT2D eigenvalue weighted by Crippen LogP contribution is 2.45. The smallest absolute Gasteiger partial charge is 0.161 e. The van der Waals surface area contributed by atoms with E-state index in [9.17, 15) is 15.5 Å². The van der Waals surface area contributed by atoms with Gasteiger partial charge in [0.25, 0.3) is 0 Å². The van der Waals surface area contributed by atoms with Crippen LogP contribution in [0.2, 0.25) is 0 Å². The molecule has 0 spiro atoms. The molecule has 0 amide bonds. The highest BCUT2D eigenvalue weighted by Gasteiger charge is 2.43. The number of methoxy groups -OCH3 is 1. The van der Waals surface area contributed by atoms with Gasteiger partial charge in [-0.15, -0.1) is 0 Å². The Morgan fingerprint density at radius 3 is 2.46 bits per heavy atom. The van der Waals surface area contributed by atoms with Crippen LogP contribution in [0.15, 0.2) is 18.2 Å². The summed E-state index contributed by atoms with van der Waals surface area (Å²) in [7, 11) is 1.61. The Morgan fingerprint density at radius 2 is 1.92 bits per heavy atom. The fourth-order valence-electron chi connectivity index (χ4n) is 3.34. The van der Waals surface area contributed by atoms with E-state index in [0.29, 0.717) is 49.7 Å². The van der Waals surface area contributed by atoms with Crippen molar-refractivity contribution in [2.45, 2.75) is 49.5 Å². The average molecular weight is 331 g/mol. The summed E-state index contributed by atoms with van der Waals surface area (Å²) in [5, 5.41) is 29.4. The van der Waals surface area contributed by atoms with E-state index in [1.807, 2.05) is 18.2 Å². The maximum atomic E-state index is 10.2. The van der Waals surface area contributed by atoms with Crippen LogP contribution in [0.1, 0.15) is 44.1 Å². The van der Waals surface area contributed by atoms with Crippen molar-refractivity contribution in [2.75, 3.05) is 20.3 Å². The molecule has 0 radical (unpaired) electrons. The number of aliphatic hydroxyl groups is 2. The average Bonchev–Trinajstić information content (AvgIpc) is 3.45. The Balaban J connectivity index is 1.83. The van der Waals surface area contributed by atoms with Gasteiger partial charge in [-0.25, -0.2) is 0 Å². The first-order valence-electron chi connectivity index (χ1n) is 8.60. The monoisotopic (exact) mass is 331 g/mol. The van der Waals surface area contributed by atoms with Gasteiger partial charge in [0, 0.05) is 0 Å². The van der Waals surface area contributed by atoms with E-state index in [1.165, 1.54) is 12.8 Å². The zero-order chi connectivity index (χ0) is 17.2. The van der Waals surface area contributed by atoms with Crippen molar-refractivity contribution in [3.8, 4) is 17.6 Å². The first-order valence-corrected chi connectivity index (χ1v) is 8.60. The van der Waals surface area contributed by atoms with Gasteiger partial charge in [-0.3, -0.25) is 0 Å². The zero-order valence-electron chi connectivity index (χ0n) is 14.1. The molecule has 1 aromatic rings. The number of hydrogen-bond donors (Lipinski definition) is 2. The van der Waals surface area contributed by atoms with Crippen LogP contribution in [-0.4, -0.2) is 36.1 Å². The molecule has 5 nitrogen and oxygen atoms in total. The Labute approximate surface area is 142 Å². The highest BCUT2D eigenvalue weighted by molar-refractivity contribution is 5.47. The van der Waals surface area contributed by atoms with E-state index in [1.54, 1.807) is 7.11 Å². The molecular weight excluding hydrogens is 306 g/mol. The van der Waals surface area contributed by atoms with Crippen LogP contribution in [0.4, 0.5) is 0 Å². The lowest BCUT2D eigenvalue weighted by atomic mass is 9.66. The topological polar surface area (TPSA) is 82.7 Å². The molecule has 3 rings (SSSR count). The first kappa shape index (κ1) is 17.1. The predicted molar refractivity (Wildman–Crippen MR) is 89.0 cm³/mol. The molecule has 5 heteroatoms. The van der Waals surface area contributed by atoms with Gasteiger partial charge in [-0.2, -0.15) is 5.26 Å². The van der Waals surface area contributed by atoms with E-state index >= 15 is 0 Å². The number of nitrogens with zero attached hydrogens (tertiary/aromatic N) is 1. The lowest BCUT2D eigenvalue weighted by Gasteiger charge is -2.39. The second kappa shape index (κ2) is 6.62. The number of hydrogen-bond acceptors (Lipinski definition) is 5. The van der Waals surface area contributed by atoms with Crippen LogP contribution < -0.4 is 9.47 Å². The first-order chi connectivity index (χ1) is 11.5. The minimum absolute atomic E-state index is 0.257. The predicted octanol–water partition coefficient (Wildman–Crippen LogP) is 2.54. The molecule has 2 aliphatic carbocycles. The summed E-state index contributed by atoms with van der Waals surface area (Å²) < 4.78 is 11.3. The zero-order valence-corrected chi connectivity index (χ0v) is 14.1. The minimum atomic E-state index is -1.06. The lowest BCUT2D eigenvalue weighted by Crippen LogP contribution is -2.43. The van der Waals surface area contributed by atoms with Crippen molar-refractivity contribution in [3.63, 3.8) is 0 Å². The van der Waals surface area contributed by atoms with Gasteiger partial charge in [0.05, 0.1) is 37.4 Å². The molecule has 0 aliphatic heterocycles. The van der Waals surface area contributed by atoms with Gasteiger partial charge in [0.1, 0.15) is 0 Å². The van der Waals surface area contributed by atoms with E-state index in [4.69, 9.17) is 9.47 Å². The van der Waals surface area contributed by atoms with E-state index in [0.717, 1.165) is 5.56 Å². The fourth-order valence-corrected chi connectivity index (χ4v) is 3.34. The lowest BCUT2D eigenvalue weighted by molar-refractivity contribution is -0.0514. The van der Waals surface area contributed by atoms with Crippen molar-refractivity contribution in [2.24, 2.45) is 5.92 Å². The molecule has 2 aliphatic rings. The van der Waals surface area contributed by atoms with Gasteiger partial charge in [-0.05, 0) is 62.1 Å². The van der Waals surface area contributed by atoms with Gasteiger partial charge in [0.15, 0.2) is 11.5 Å². The standard InChI is InChI=1S/C19H25NO4/c1-23-16-5-4-15(10-17(16)24-11-14-2-3-14)18(12-20)6-8-19(22,13-21)9-7-18/h4-5,10,14,21-22H,2-3,6-9,11,13H2,1H3/t18-,19-. The summed E-state index contributed by atoms with van der Waals surface area (Å²) in [6.07, 6.45) is 4.31. The maximum absolute atomic E-state index is 10.2. The third-order valence-corrected chi connectivity index (χ3v) is 5.43. The molecule has 0 aromatic heterocycles. The van der Waals surface area contributed by atoms with Crippen LogP contribution in [0.5, 0.6) is 11.5 Å². The Morgan fingerprint density at radius 1 is 1.21 bits per heavy atom. The summed E-state index contributed by atoms with van der Waals surface area (Å²) in [6, 6.07) is 8.12. The molecule has 2 N–H and O–H groups in total. The molecule has 1 aromatic carbocycles. The fraction of sp³-hybridized carbons (Fsp3) is 0.632. The minimum Gasteiger partial charge on any atom is -0.493 e. The second-order valence-corrected chi connectivity index (χ2v) is 7.20. The van der Waals surface area contributed by atoms with Crippen LogP contribution in [0, 0.1) is 17.2 Å². The number of nitriles is 1. The van der Waals surface area contributed by atoms with Crippen molar-refractivity contribution < 1.29 is 19.7 Å². The molecule has 24 heavy (non-hydrogen) atoms. The molecule has 2 fully saturated rings. The summed E-state index contributed by atoms with van der Waals surface area (Å²) in [4.78, 5) is 0. The molecule has 0 unspecified atom stereocenters. The summed E-state index contributed by atoms with van der Waals surface area (Å²) in [5.74, 6) is 1.99. The number of benzene rings is 1. The van der Waals surface area contributed by atoms with Crippen LogP contribution >= 0.6 is 0 Å². The second-order valence-electron chi connectivity index (χ2n) is 7.20. The molecule has 0 bridgehead atoms. The normalized spacial score (nSPS) is 29.8. The summed E-state index contributed by atoms with van der Waals surface area (Å²) in [6.45, 7) is 0.427. The van der Waals surface area contributed by atoms with Crippen molar-refractivity contribution in [3.05, 3.63) is 23.8 Å². The van der Waals surface area contributed by atoms with Crippen LogP contribution in [0.3, 0.4) is 0 Å². The molecular formula is C19H25NO4. The molecule has 2 saturated carbocycles. The SMILES string of the molecule is COc1ccc([C@]2(C#N)CC[C@](O)(CO)CC2)cc1OCC1CC1. The Hall–Kier alpha value is -1.77. The third kappa shape index (κ3) is 3.35. The molecule has 0 heterocycles. The van der Waals surface area contributed by atoms with Crippen LogP contribution in [0.25, 0.3) is 0 Å². The third-order valence-electron chi connectivity index (χ3n) is 5.43. The maximum Gasteiger partial charge on any atom is 0.161 e. The van der Waals surface area contributed by atoms with E-state index in [2.05, 4.69) is 6.07 Å². The van der Waals surface area contributed by atoms with Crippen molar-refractivity contribution in [1.82, 2.24) is 0 Å². The van der Waals surface area contributed by atoms with Gasteiger partial charge in [-0.1, -0.05) is 6.07 Å². The number of rotatable bonds is 6. The Kier molecular flexibility index (Phi) is 4.71. The van der Waals surface area contributed by atoms with Crippen molar-refractivity contribution >= 4 is 0 Å². The van der Waals surface area contributed by atoms with Crippen LogP contribution in [-0.2, 0) is 5.41 Å². The largest absolute Gasteiger partial charge is 0.493 e. The van der Waals surface area contributed by atoms with Gasteiger partial charge < -0.3 is 19.7 Å². The molecule has 0 saturated heterocycles. The Bertz CT molecular complexity index is 625. The van der Waals surface area contributed by atoms with Gasteiger partial charge in [0.2, 0.25) is 0 Å². The van der Waals surface area contributed by atoms with E-state index < -0.39 is 11.0 Å². The van der Waals surface area contributed by atoms with E-state index in [-0.39, 0.29) is 6.61 Å². The quantitative estimate of drug-likeness (QED) is 0.837.